The van der Waals surface area contributed by atoms with Crippen molar-refractivity contribution in [1.29, 1.82) is 0 Å². The number of non-ortho nitro benzene ring substituents is 1. The normalized spacial score (nSPS) is 11.5. The summed E-state index contributed by atoms with van der Waals surface area (Å²) in [5.74, 6) is -1.47. The molecule has 0 bridgehead atoms. The van der Waals surface area contributed by atoms with Crippen LogP contribution in [-0.4, -0.2) is 28.6 Å². The maximum Gasteiger partial charge on any atom is 0.319 e. The third-order valence-electron chi connectivity index (χ3n) is 2.70. The molecule has 3 N–H and O–H groups in total. The van der Waals surface area contributed by atoms with Crippen molar-refractivity contribution in [2.75, 3.05) is 11.9 Å². The minimum absolute atomic E-state index is 0.0943. The molecule has 0 heterocycles. The second-order valence-corrected chi connectivity index (χ2v) is 5.18. The quantitative estimate of drug-likeness (QED) is 0.532. The number of nitro benzene ring substituents is 1. The number of hydrogen-bond donors (Lipinski definition) is 3. The van der Waals surface area contributed by atoms with Gasteiger partial charge in [-0.1, -0.05) is 6.92 Å². The number of urea groups is 1. The minimum Gasteiger partial charge on any atom is -0.481 e. The Labute approximate surface area is 128 Å². The van der Waals surface area contributed by atoms with Crippen LogP contribution in [0, 0.1) is 16.0 Å². The highest BCUT2D eigenvalue weighted by Gasteiger charge is 2.13. The van der Waals surface area contributed by atoms with Gasteiger partial charge in [0.2, 0.25) is 0 Å². The number of carbonyl (C=O) groups is 2. The van der Waals surface area contributed by atoms with E-state index in [1.165, 1.54) is 18.2 Å². The van der Waals surface area contributed by atoms with E-state index in [2.05, 4.69) is 26.6 Å². The number of nitrogens with zero attached hydrogens (tertiary/aromatic N) is 1. The minimum atomic E-state index is -0.921. The number of anilines is 1. The van der Waals surface area contributed by atoms with Crippen molar-refractivity contribution in [2.24, 2.45) is 5.92 Å². The molecule has 0 aliphatic carbocycles. The molecule has 0 saturated carbocycles. The van der Waals surface area contributed by atoms with E-state index in [9.17, 15) is 19.7 Å². The SMILES string of the molecule is CC(CCNC(=O)Nc1ccc([N+](=O)[O-])cc1Br)C(=O)O. The first-order valence-corrected chi connectivity index (χ1v) is 6.82. The highest BCUT2D eigenvalue weighted by molar-refractivity contribution is 9.10. The van der Waals surface area contributed by atoms with E-state index in [1.54, 1.807) is 6.92 Å². The smallest absolute Gasteiger partial charge is 0.319 e. The number of nitro groups is 1. The molecule has 0 aromatic heterocycles. The summed E-state index contributed by atoms with van der Waals surface area (Å²) in [6.07, 6.45) is 0.310. The Bertz CT molecular complexity index is 564. The number of carboxylic acid groups (broad SMARTS) is 1. The lowest BCUT2D eigenvalue weighted by molar-refractivity contribution is -0.384. The Kier molecular flexibility index (Phi) is 6.10. The molecule has 0 saturated heterocycles. The Morgan fingerprint density at radius 2 is 2.14 bits per heavy atom. The van der Waals surface area contributed by atoms with Gasteiger partial charge in [-0.15, -0.1) is 0 Å². The third kappa shape index (κ3) is 5.38. The van der Waals surface area contributed by atoms with Gasteiger partial charge in [-0.3, -0.25) is 14.9 Å². The van der Waals surface area contributed by atoms with Crippen molar-refractivity contribution in [3.63, 3.8) is 0 Å². The standard InChI is InChI=1S/C12H14BrN3O5/c1-7(11(17)18)4-5-14-12(19)15-10-3-2-8(16(20)21)6-9(10)13/h2-3,6-7H,4-5H2,1H3,(H,17,18)(H2,14,15,19). The number of halogens is 1. The predicted octanol–water partition coefficient (Wildman–Crippen LogP) is 2.59. The molecule has 8 nitrogen and oxygen atoms in total. The topological polar surface area (TPSA) is 122 Å². The van der Waals surface area contributed by atoms with Crippen LogP contribution >= 0.6 is 15.9 Å². The van der Waals surface area contributed by atoms with Crippen molar-refractivity contribution in [1.82, 2.24) is 5.32 Å². The molecule has 1 aromatic rings. The van der Waals surface area contributed by atoms with E-state index in [-0.39, 0.29) is 12.2 Å². The van der Waals surface area contributed by atoms with E-state index in [0.717, 1.165) is 0 Å². The van der Waals surface area contributed by atoms with E-state index in [1.807, 2.05) is 0 Å². The summed E-state index contributed by atoms with van der Waals surface area (Å²) in [5.41, 5.74) is 0.285. The van der Waals surface area contributed by atoms with Crippen LogP contribution in [0.3, 0.4) is 0 Å². The van der Waals surface area contributed by atoms with Gasteiger partial charge in [0, 0.05) is 23.2 Å². The van der Waals surface area contributed by atoms with Crippen molar-refractivity contribution >= 4 is 39.3 Å². The van der Waals surface area contributed by atoms with Crippen molar-refractivity contribution < 1.29 is 19.6 Å². The average Bonchev–Trinajstić information content (AvgIpc) is 2.40. The number of amides is 2. The molecule has 0 radical (unpaired) electrons. The number of aliphatic carboxylic acids is 1. The maximum absolute atomic E-state index is 11.6. The fourth-order valence-electron chi connectivity index (χ4n) is 1.41. The second-order valence-electron chi connectivity index (χ2n) is 4.33. The Balaban J connectivity index is 2.52. The Morgan fingerprint density at radius 3 is 2.67 bits per heavy atom. The lowest BCUT2D eigenvalue weighted by Crippen LogP contribution is -2.31. The number of rotatable bonds is 6. The van der Waals surface area contributed by atoms with E-state index >= 15 is 0 Å². The first-order valence-electron chi connectivity index (χ1n) is 6.03. The summed E-state index contributed by atoms with van der Waals surface area (Å²) in [5, 5.41) is 24.3. The molecular weight excluding hydrogens is 346 g/mol. The highest BCUT2D eigenvalue weighted by atomic mass is 79.9. The lowest BCUT2D eigenvalue weighted by Gasteiger charge is -2.10. The van der Waals surface area contributed by atoms with Gasteiger partial charge in [-0.2, -0.15) is 0 Å². The largest absolute Gasteiger partial charge is 0.481 e. The van der Waals surface area contributed by atoms with Gasteiger partial charge < -0.3 is 15.7 Å². The number of benzene rings is 1. The second kappa shape index (κ2) is 7.58. The van der Waals surface area contributed by atoms with Crippen LogP contribution in [0.15, 0.2) is 22.7 Å². The van der Waals surface area contributed by atoms with Gasteiger partial charge in [0.15, 0.2) is 0 Å². The van der Waals surface area contributed by atoms with E-state index < -0.39 is 22.8 Å². The summed E-state index contributed by atoms with van der Waals surface area (Å²) < 4.78 is 0.380. The molecular formula is C12H14BrN3O5. The van der Waals surface area contributed by atoms with E-state index in [4.69, 9.17) is 5.11 Å². The molecule has 1 rings (SSSR count). The molecule has 0 aliphatic heterocycles. The Hall–Kier alpha value is -2.16. The summed E-state index contributed by atoms with van der Waals surface area (Å²) in [6.45, 7) is 1.76. The third-order valence-corrected chi connectivity index (χ3v) is 3.35. The van der Waals surface area contributed by atoms with Gasteiger partial charge in [-0.05, 0) is 28.4 Å². The molecule has 0 spiro atoms. The highest BCUT2D eigenvalue weighted by Crippen LogP contribution is 2.26. The van der Waals surface area contributed by atoms with Crippen LogP contribution < -0.4 is 10.6 Å². The van der Waals surface area contributed by atoms with Gasteiger partial charge in [0.25, 0.3) is 5.69 Å². The summed E-state index contributed by atoms with van der Waals surface area (Å²) in [6, 6.07) is 3.44. The molecule has 9 heteroatoms. The monoisotopic (exact) mass is 359 g/mol. The van der Waals surface area contributed by atoms with Gasteiger partial charge in [-0.25, -0.2) is 4.79 Å². The van der Waals surface area contributed by atoms with Gasteiger partial charge >= 0.3 is 12.0 Å². The van der Waals surface area contributed by atoms with Crippen LogP contribution in [0.25, 0.3) is 0 Å². The molecule has 1 aromatic carbocycles. The summed E-state index contributed by atoms with van der Waals surface area (Å²) in [4.78, 5) is 32.3. The van der Waals surface area contributed by atoms with Crippen molar-refractivity contribution in [3.8, 4) is 0 Å². The predicted molar refractivity (Wildman–Crippen MR) is 79.2 cm³/mol. The van der Waals surface area contributed by atoms with Crippen LogP contribution in [0.2, 0.25) is 0 Å². The van der Waals surface area contributed by atoms with Gasteiger partial charge in [0.05, 0.1) is 16.5 Å². The number of hydrogen-bond acceptors (Lipinski definition) is 4. The molecule has 1 atom stereocenters. The zero-order chi connectivity index (χ0) is 16.0. The number of nitrogens with one attached hydrogen (secondary N) is 2. The van der Waals surface area contributed by atoms with Crippen molar-refractivity contribution in [2.45, 2.75) is 13.3 Å². The number of carboxylic acids is 1. The lowest BCUT2D eigenvalue weighted by atomic mass is 10.1. The van der Waals surface area contributed by atoms with Crippen LogP contribution in [0.5, 0.6) is 0 Å². The fraction of sp³-hybridized carbons (Fsp3) is 0.333. The maximum atomic E-state index is 11.6. The van der Waals surface area contributed by atoms with Crippen LogP contribution in [-0.2, 0) is 4.79 Å². The fourth-order valence-corrected chi connectivity index (χ4v) is 1.88. The van der Waals surface area contributed by atoms with Gasteiger partial charge in [0.1, 0.15) is 0 Å². The molecule has 1 unspecified atom stereocenters. The number of carbonyl (C=O) groups excluding carboxylic acids is 1. The molecule has 2 amide bonds. The summed E-state index contributed by atoms with van der Waals surface area (Å²) in [7, 11) is 0. The molecule has 21 heavy (non-hydrogen) atoms. The van der Waals surface area contributed by atoms with E-state index in [0.29, 0.717) is 16.6 Å². The molecule has 0 fully saturated rings. The first kappa shape index (κ1) is 16.9. The zero-order valence-electron chi connectivity index (χ0n) is 11.1. The average molecular weight is 360 g/mol. The van der Waals surface area contributed by atoms with Crippen LogP contribution in [0.1, 0.15) is 13.3 Å². The zero-order valence-corrected chi connectivity index (χ0v) is 12.7. The van der Waals surface area contributed by atoms with Crippen LogP contribution in [0.4, 0.5) is 16.2 Å². The Morgan fingerprint density at radius 1 is 1.48 bits per heavy atom. The first-order chi connectivity index (χ1) is 9.81. The molecule has 114 valence electrons. The summed E-state index contributed by atoms with van der Waals surface area (Å²) >= 11 is 3.13. The molecule has 0 aliphatic rings. The van der Waals surface area contributed by atoms with Crippen molar-refractivity contribution in [3.05, 3.63) is 32.8 Å².